The number of alkyl halides is 1. The van der Waals surface area contributed by atoms with Crippen LogP contribution in [0.15, 0.2) is 30.3 Å². The maximum Gasteiger partial charge on any atom is 0.123 e. The van der Waals surface area contributed by atoms with E-state index in [4.69, 9.17) is 5.73 Å². The van der Waals surface area contributed by atoms with Gasteiger partial charge >= 0.3 is 0 Å². The number of benzene rings is 1. The van der Waals surface area contributed by atoms with Crippen LogP contribution in [0.2, 0.25) is 0 Å². The Kier molecular flexibility index (Phi) is 3.58. The smallest absolute Gasteiger partial charge is 0.123 e. The van der Waals surface area contributed by atoms with E-state index in [1.807, 2.05) is 0 Å². The summed E-state index contributed by atoms with van der Waals surface area (Å²) >= 11 is 0. The summed E-state index contributed by atoms with van der Waals surface area (Å²) in [7, 11) is 0. The van der Waals surface area contributed by atoms with Gasteiger partial charge in [-0.15, -0.1) is 0 Å². The Morgan fingerprint density at radius 2 is 1.92 bits per heavy atom. The van der Waals surface area contributed by atoms with Crippen molar-refractivity contribution in [3.63, 3.8) is 0 Å². The van der Waals surface area contributed by atoms with E-state index in [1.54, 1.807) is 24.3 Å². The number of rotatable bonds is 3. The van der Waals surface area contributed by atoms with Crippen molar-refractivity contribution in [2.24, 2.45) is 5.73 Å². The van der Waals surface area contributed by atoms with Gasteiger partial charge in [-0.1, -0.05) is 24.3 Å². The molecule has 0 saturated carbocycles. The highest BCUT2D eigenvalue weighted by atomic mass is 19.1. The molecule has 70 valence electrons. The fraction of sp³-hybridized carbons (Fsp3) is 0.200. The largest absolute Gasteiger partial charge is 0.322 e. The summed E-state index contributed by atoms with van der Waals surface area (Å²) < 4.78 is 24.4. The highest BCUT2D eigenvalue weighted by Crippen LogP contribution is 2.04. The molecule has 0 amide bonds. The predicted molar refractivity (Wildman–Crippen MR) is 49.4 cm³/mol. The summed E-state index contributed by atoms with van der Waals surface area (Å²) in [6.07, 6.45) is 3.22. The Morgan fingerprint density at radius 1 is 1.31 bits per heavy atom. The summed E-state index contributed by atoms with van der Waals surface area (Å²) in [6, 6.07) is 5.33. The Labute approximate surface area is 75.9 Å². The summed E-state index contributed by atoms with van der Waals surface area (Å²) in [6.45, 7) is -0.586. The van der Waals surface area contributed by atoms with Crippen LogP contribution in [0.5, 0.6) is 0 Å². The molecule has 0 aliphatic rings. The quantitative estimate of drug-likeness (QED) is 0.763. The topological polar surface area (TPSA) is 26.0 Å². The van der Waals surface area contributed by atoms with Crippen molar-refractivity contribution in [3.05, 3.63) is 41.7 Å². The lowest BCUT2D eigenvalue weighted by atomic mass is 10.2. The molecular weight excluding hydrogens is 172 g/mol. The Morgan fingerprint density at radius 3 is 2.46 bits per heavy atom. The molecule has 1 aromatic rings. The zero-order chi connectivity index (χ0) is 9.68. The minimum absolute atomic E-state index is 0.285. The van der Waals surface area contributed by atoms with Gasteiger partial charge in [0.05, 0.1) is 6.04 Å². The van der Waals surface area contributed by atoms with Gasteiger partial charge in [-0.2, -0.15) is 0 Å². The number of nitrogens with two attached hydrogens (primary N) is 1. The van der Waals surface area contributed by atoms with Gasteiger partial charge in [0.1, 0.15) is 12.5 Å². The van der Waals surface area contributed by atoms with E-state index in [1.165, 1.54) is 12.1 Å². The maximum atomic E-state index is 12.4. The van der Waals surface area contributed by atoms with Gasteiger partial charge in [0.25, 0.3) is 0 Å². The highest BCUT2D eigenvalue weighted by Gasteiger charge is 1.94. The summed E-state index contributed by atoms with van der Waals surface area (Å²) in [4.78, 5) is 0. The highest BCUT2D eigenvalue weighted by molar-refractivity contribution is 5.49. The molecule has 0 saturated heterocycles. The molecule has 1 rings (SSSR count). The molecule has 1 atom stereocenters. The zero-order valence-corrected chi connectivity index (χ0v) is 7.08. The van der Waals surface area contributed by atoms with Crippen molar-refractivity contribution in [1.29, 1.82) is 0 Å². The minimum Gasteiger partial charge on any atom is -0.322 e. The van der Waals surface area contributed by atoms with Gasteiger partial charge < -0.3 is 5.73 Å². The first-order chi connectivity index (χ1) is 6.22. The van der Waals surface area contributed by atoms with Gasteiger partial charge in [0.2, 0.25) is 0 Å². The average molecular weight is 183 g/mol. The molecule has 0 radical (unpaired) electrons. The second-order valence-corrected chi connectivity index (χ2v) is 2.73. The van der Waals surface area contributed by atoms with Crippen molar-refractivity contribution >= 4 is 6.08 Å². The molecule has 1 nitrogen and oxygen atoms in total. The van der Waals surface area contributed by atoms with Crippen LogP contribution in [0.4, 0.5) is 8.78 Å². The first-order valence-electron chi connectivity index (χ1n) is 3.97. The van der Waals surface area contributed by atoms with Crippen molar-refractivity contribution in [2.75, 3.05) is 6.67 Å². The molecule has 1 aromatic carbocycles. The molecular formula is C10H11F2N. The number of halogens is 2. The summed E-state index contributed by atoms with van der Waals surface area (Å²) in [5.41, 5.74) is 6.13. The third kappa shape index (κ3) is 3.34. The van der Waals surface area contributed by atoms with Crippen molar-refractivity contribution < 1.29 is 8.78 Å². The fourth-order valence-electron chi connectivity index (χ4n) is 0.860. The molecule has 0 spiro atoms. The molecule has 1 unspecified atom stereocenters. The van der Waals surface area contributed by atoms with Gasteiger partial charge in [-0.25, -0.2) is 8.78 Å². The SMILES string of the molecule is NC(/C=C/c1ccc(F)cc1)CF. The van der Waals surface area contributed by atoms with Gasteiger partial charge in [-0.3, -0.25) is 0 Å². The van der Waals surface area contributed by atoms with E-state index in [-0.39, 0.29) is 5.82 Å². The molecule has 0 aliphatic heterocycles. The molecule has 2 N–H and O–H groups in total. The van der Waals surface area contributed by atoms with E-state index in [2.05, 4.69) is 0 Å². The molecule has 0 aromatic heterocycles. The van der Waals surface area contributed by atoms with Crippen molar-refractivity contribution in [1.82, 2.24) is 0 Å². The molecule has 0 bridgehead atoms. The molecule has 0 heterocycles. The molecule has 0 fully saturated rings. The Bertz CT molecular complexity index is 279. The summed E-state index contributed by atoms with van der Waals surface area (Å²) in [5.74, 6) is -0.285. The second-order valence-electron chi connectivity index (χ2n) is 2.73. The van der Waals surface area contributed by atoms with Crippen LogP contribution in [0.1, 0.15) is 5.56 Å². The van der Waals surface area contributed by atoms with Crippen molar-refractivity contribution in [3.8, 4) is 0 Å². The van der Waals surface area contributed by atoms with Crippen LogP contribution in [-0.2, 0) is 0 Å². The van der Waals surface area contributed by atoms with E-state index in [9.17, 15) is 8.78 Å². The standard InChI is InChI=1S/C10H11F2N/c11-7-10(13)6-3-8-1-4-9(12)5-2-8/h1-6,10H,7,13H2/b6-3+. The van der Waals surface area contributed by atoms with E-state index in [0.717, 1.165) is 5.56 Å². The van der Waals surface area contributed by atoms with Crippen LogP contribution < -0.4 is 5.73 Å². The van der Waals surface area contributed by atoms with E-state index in [0.29, 0.717) is 0 Å². The van der Waals surface area contributed by atoms with Gasteiger partial charge in [0.15, 0.2) is 0 Å². The monoisotopic (exact) mass is 183 g/mol. The molecule has 3 heteroatoms. The van der Waals surface area contributed by atoms with E-state index < -0.39 is 12.7 Å². The molecule has 13 heavy (non-hydrogen) atoms. The Balaban J connectivity index is 2.64. The van der Waals surface area contributed by atoms with Crippen LogP contribution in [0.25, 0.3) is 6.08 Å². The predicted octanol–water partition coefficient (Wildman–Crippen LogP) is 2.14. The van der Waals surface area contributed by atoms with Crippen LogP contribution in [0.3, 0.4) is 0 Å². The van der Waals surface area contributed by atoms with Crippen LogP contribution in [-0.4, -0.2) is 12.7 Å². The van der Waals surface area contributed by atoms with E-state index >= 15 is 0 Å². The molecule has 0 aliphatic carbocycles. The minimum atomic E-state index is -0.586. The normalized spacial score (nSPS) is 13.5. The van der Waals surface area contributed by atoms with Gasteiger partial charge in [0, 0.05) is 0 Å². The number of hydrogen-bond donors (Lipinski definition) is 1. The maximum absolute atomic E-state index is 12.4. The number of hydrogen-bond acceptors (Lipinski definition) is 1. The first-order valence-corrected chi connectivity index (χ1v) is 3.97. The zero-order valence-electron chi connectivity index (χ0n) is 7.08. The lowest BCUT2D eigenvalue weighted by molar-refractivity contribution is 0.465. The summed E-state index contributed by atoms with van der Waals surface area (Å²) in [5, 5.41) is 0. The lowest BCUT2D eigenvalue weighted by Crippen LogP contribution is -2.18. The van der Waals surface area contributed by atoms with Crippen LogP contribution in [0, 0.1) is 5.82 Å². The first kappa shape index (κ1) is 9.86. The third-order valence-corrected chi connectivity index (χ3v) is 1.58. The fourth-order valence-corrected chi connectivity index (χ4v) is 0.860. The average Bonchev–Trinajstić information content (AvgIpc) is 2.16. The Hall–Kier alpha value is -1.22. The van der Waals surface area contributed by atoms with Crippen LogP contribution >= 0.6 is 0 Å². The van der Waals surface area contributed by atoms with Gasteiger partial charge in [-0.05, 0) is 17.7 Å². The lowest BCUT2D eigenvalue weighted by Gasteiger charge is -1.97. The van der Waals surface area contributed by atoms with Crippen molar-refractivity contribution in [2.45, 2.75) is 6.04 Å². The third-order valence-electron chi connectivity index (χ3n) is 1.58. The second kappa shape index (κ2) is 4.72.